The molecule has 0 saturated carbocycles. The summed E-state index contributed by atoms with van der Waals surface area (Å²) in [4.78, 5) is 44.8. The average Bonchev–Trinajstić information content (AvgIpc) is 3.21. The SMILES string of the molecule is Cc1nc(C(C)NC(=O)CCn2cnc3sccc3c2=O)sc1C(=O)O. The van der Waals surface area contributed by atoms with Gasteiger partial charge in [-0.3, -0.25) is 14.2 Å². The van der Waals surface area contributed by atoms with E-state index in [2.05, 4.69) is 15.3 Å². The maximum atomic E-state index is 12.3. The summed E-state index contributed by atoms with van der Waals surface area (Å²) < 4.78 is 1.41. The van der Waals surface area contributed by atoms with Crippen molar-refractivity contribution in [2.75, 3.05) is 0 Å². The maximum absolute atomic E-state index is 12.3. The van der Waals surface area contributed by atoms with Crippen molar-refractivity contribution in [3.63, 3.8) is 0 Å². The van der Waals surface area contributed by atoms with Gasteiger partial charge in [0, 0.05) is 13.0 Å². The van der Waals surface area contributed by atoms with Gasteiger partial charge in [0.2, 0.25) is 5.91 Å². The molecule has 3 aromatic rings. The molecule has 0 aliphatic carbocycles. The summed E-state index contributed by atoms with van der Waals surface area (Å²) in [5, 5.41) is 14.7. The minimum Gasteiger partial charge on any atom is -0.477 e. The number of thiophene rings is 1. The summed E-state index contributed by atoms with van der Waals surface area (Å²) in [5.41, 5.74) is 0.263. The first-order valence-electron chi connectivity index (χ1n) is 7.79. The number of amides is 1. The summed E-state index contributed by atoms with van der Waals surface area (Å²) >= 11 is 2.44. The van der Waals surface area contributed by atoms with Gasteiger partial charge in [-0.05, 0) is 25.3 Å². The van der Waals surface area contributed by atoms with Crippen molar-refractivity contribution in [2.45, 2.75) is 32.9 Å². The molecule has 0 aliphatic rings. The van der Waals surface area contributed by atoms with Crippen molar-refractivity contribution < 1.29 is 14.7 Å². The van der Waals surface area contributed by atoms with Crippen molar-refractivity contribution in [3.8, 4) is 0 Å². The lowest BCUT2D eigenvalue weighted by Crippen LogP contribution is -2.29. The number of fused-ring (bicyclic) bond motifs is 1. The largest absolute Gasteiger partial charge is 0.477 e. The van der Waals surface area contributed by atoms with E-state index in [4.69, 9.17) is 5.11 Å². The lowest BCUT2D eigenvalue weighted by atomic mass is 10.3. The van der Waals surface area contributed by atoms with Crippen LogP contribution in [0.1, 0.15) is 39.8 Å². The molecule has 26 heavy (non-hydrogen) atoms. The number of rotatable bonds is 6. The van der Waals surface area contributed by atoms with Gasteiger partial charge in [-0.15, -0.1) is 22.7 Å². The van der Waals surface area contributed by atoms with Gasteiger partial charge in [0.05, 0.1) is 23.4 Å². The van der Waals surface area contributed by atoms with Crippen LogP contribution in [0, 0.1) is 6.92 Å². The van der Waals surface area contributed by atoms with E-state index < -0.39 is 12.0 Å². The Bertz CT molecular complexity index is 1040. The predicted molar refractivity (Wildman–Crippen MR) is 98.9 cm³/mol. The van der Waals surface area contributed by atoms with Crippen LogP contribution in [0.25, 0.3) is 10.2 Å². The highest BCUT2D eigenvalue weighted by Gasteiger charge is 2.19. The number of carboxylic acids is 1. The van der Waals surface area contributed by atoms with Crippen LogP contribution in [0.3, 0.4) is 0 Å². The van der Waals surface area contributed by atoms with Gasteiger partial charge in [-0.1, -0.05) is 0 Å². The molecule has 3 rings (SSSR count). The van der Waals surface area contributed by atoms with Gasteiger partial charge in [0.15, 0.2) is 0 Å². The molecular formula is C16H16N4O4S2. The van der Waals surface area contributed by atoms with Crippen molar-refractivity contribution in [1.82, 2.24) is 19.9 Å². The van der Waals surface area contributed by atoms with E-state index in [0.29, 0.717) is 20.9 Å². The van der Waals surface area contributed by atoms with Gasteiger partial charge >= 0.3 is 5.97 Å². The number of thiazole rings is 1. The van der Waals surface area contributed by atoms with Crippen LogP contribution < -0.4 is 10.9 Å². The van der Waals surface area contributed by atoms with Gasteiger partial charge < -0.3 is 10.4 Å². The second-order valence-corrected chi connectivity index (χ2v) is 7.62. The van der Waals surface area contributed by atoms with Gasteiger partial charge in [0.25, 0.3) is 5.56 Å². The Balaban J connectivity index is 1.63. The molecule has 0 spiro atoms. The smallest absolute Gasteiger partial charge is 0.347 e. The third kappa shape index (κ3) is 3.65. The number of carbonyl (C=O) groups excluding carboxylic acids is 1. The number of hydrogen-bond acceptors (Lipinski definition) is 7. The molecule has 0 aromatic carbocycles. The summed E-state index contributed by atoms with van der Waals surface area (Å²) in [6.07, 6.45) is 1.55. The minimum atomic E-state index is -1.03. The van der Waals surface area contributed by atoms with Gasteiger partial charge in [0.1, 0.15) is 14.7 Å². The van der Waals surface area contributed by atoms with E-state index in [9.17, 15) is 14.4 Å². The third-order valence-electron chi connectivity index (χ3n) is 3.79. The molecule has 0 radical (unpaired) electrons. The van der Waals surface area contributed by atoms with Crippen LogP contribution in [0.4, 0.5) is 0 Å². The molecule has 136 valence electrons. The van der Waals surface area contributed by atoms with Crippen LogP contribution >= 0.6 is 22.7 Å². The van der Waals surface area contributed by atoms with E-state index in [1.807, 2.05) is 0 Å². The Morgan fingerprint density at radius 3 is 2.88 bits per heavy atom. The molecule has 0 fully saturated rings. The summed E-state index contributed by atoms with van der Waals surface area (Å²) in [6, 6.07) is 1.31. The number of aromatic carboxylic acids is 1. The van der Waals surface area contributed by atoms with Gasteiger partial charge in [-0.2, -0.15) is 0 Å². The Hall–Kier alpha value is -2.59. The molecule has 0 aliphatic heterocycles. The highest BCUT2D eigenvalue weighted by Crippen LogP contribution is 2.23. The predicted octanol–water partition coefficient (Wildman–Crippen LogP) is 2.19. The zero-order valence-corrected chi connectivity index (χ0v) is 15.7. The van der Waals surface area contributed by atoms with E-state index >= 15 is 0 Å². The molecular weight excluding hydrogens is 376 g/mol. The fourth-order valence-corrected chi connectivity index (χ4v) is 4.08. The molecule has 3 aromatic heterocycles. The summed E-state index contributed by atoms with van der Waals surface area (Å²) in [7, 11) is 0. The highest BCUT2D eigenvalue weighted by atomic mass is 32.1. The minimum absolute atomic E-state index is 0.109. The quantitative estimate of drug-likeness (QED) is 0.665. The first-order valence-corrected chi connectivity index (χ1v) is 9.49. The van der Waals surface area contributed by atoms with Crippen LogP contribution in [-0.4, -0.2) is 31.5 Å². The molecule has 2 N–H and O–H groups in total. The summed E-state index contributed by atoms with van der Waals surface area (Å²) in [5.74, 6) is -1.28. The number of nitrogens with zero attached hydrogens (tertiary/aromatic N) is 3. The standard InChI is InChI=1S/C16H16N4O4S2/c1-8-12(16(23)24)26-13(19-8)9(2)18-11(21)3-5-20-7-17-14-10(15(20)22)4-6-25-14/h4,6-7,9H,3,5H2,1-2H3,(H,18,21)(H,23,24). The van der Waals surface area contributed by atoms with Crippen molar-refractivity contribution >= 4 is 44.8 Å². The second kappa shape index (κ2) is 7.34. The number of nitrogens with one attached hydrogen (secondary N) is 1. The molecule has 8 nitrogen and oxygen atoms in total. The Morgan fingerprint density at radius 2 is 2.19 bits per heavy atom. The van der Waals surface area contributed by atoms with Crippen molar-refractivity contribution in [3.05, 3.63) is 43.7 Å². The number of aryl methyl sites for hydroxylation is 2. The van der Waals surface area contributed by atoms with E-state index in [-0.39, 0.29) is 29.3 Å². The van der Waals surface area contributed by atoms with Crippen LogP contribution in [0.2, 0.25) is 0 Å². The van der Waals surface area contributed by atoms with E-state index in [0.717, 1.165) is 11.3 Å². The first-order chi connectivity index (χ1) is 12.4. The average molecular weight is 392 g/mol. The van der Waals surface area contributed by atoms with Crippen LogP contribution in [0.5, 0.6) is 0 Å². The summed E-state index contributed by atoms with van der Waals surface area (Å²) in [6.45, 7) is 3.58. The topological polar surface area (TPSA) is 114 Å². The lowest BCUT2D eigenvalue weighted by Gasteiger charge is -2.11. The molecule has 1 unspecified atom stereocenters. The zero-order valence-electron chi connectivity index (χ0n) is 14.1. The number of carbonyl (C=O) groups is 2. The zero-order chi connectivity index (χ0) is 18.8. The molecule has 1 amide bonds. The first kappa shape index (κ1) is 18.2. The Morgan fingerprint density at radius 1 is 1.42 bits per heavy atom. The monoisotopic (exact) mass is 392 g/mol. The molecule has 3 heterocycles. The fourth-order valence-electron chi connectivity index (χ4n) is 2.45. The Labute approximate surface area is 156 Å². The van der Waals surface area contributed by atoms with Crippen molar-refractivity contribution in [2.24, 2.45) is 0 Å². The van der Waals surface area contributed by atoms with Gasteiger partial charge in [-0.25, -0.2) is 14.8 Å². The van der Waals surface area contributed by atoms with E-state index in [1.165, 1.54) is 22.2 Å². The third-order valence-corrected chi connectivity index (χ3v) is 5.93. The molecule has 0 bridgehead atoms. The maximum Gasteiger partial charge on any atom is 0.347 e. The number of hydrogen-bond donors (Lipinski definition) is 2. The Kier molecular flexibility index (Phi) is 5.14. The molecule has 0 saturated heterocycles. The lowest BCUT2D eigenvalue weighted by molar-refractivity contribution is -0.122. The molecule has 10 heteroatoms. The second-order valence-electron chi connectivity index (χ2n) is 5.69. The van der Waals surface area contributed by atoms with Crippen molar-refractivity contribution in [1.29, 1.82) is 0 Å². The fraction of sp³-hybridized carbons (Fsp3) is 0.312. The van der Waals surface area contributed by atoms with E-state index in [1.54, 1.807) is 25.3 Å². The number of aromatic nitrogens is 3. The van der Waals surface area contributed by atoms with Crippen LogP contribution in [-0.2, 0) is 11.3 Å². The number of carboxylic acid groups (broad SMARTS) is 1. The highest BCUT2D eigenvalue weighted by molar-refractivity contribution is 7.16. The van der Waals surface area contributed by atoms with Crippen LogP contribution in [0.15, 0.2) is 22.6 Å². The molecule has 1 atom stereocenters. The normalized spacial score (nSPS) is 12.2.